The number of nitrogens with two attached hydrogens (primary N) is 1. The summed E-state index contributed by atoms with van der Waals surface area (Å²) in [4.78, 5) is 10.6. The maximum Gasteiger partial charge on any atom is 0.272 e. The summed E-state index contributed by atoms with van der Waals surface area (Å²) in [5.74, 6) is 0. The summed E-state index contributed by atoms with van der Waals surface area (Å²) < 4.78 is 5.37. The molecule has 1 aromatic rings. The van der Waals surface area contributed by atoms with Gasteiger partial charge in [0.25, 0.3) is 5.69 Å². The summed E-state index contributed by atoms with van der Waals surface area (Å²) in [6, 6.07) is 6.84. The zero-order valence-corrected chi connectivity index (χ0v) is 9.59. The molecular weight excluding hydrogens is 220 g/mol. The molecule has 5 heteroatoms. The van der Waals surface area contributed by atoms with Crippen LogP contribution in [0.4, 0.5) is 5.69 Å². The Morgan fingerprint density at radius 1 is 1.47 bits per heavy atom. The van der Waals surface area contributed by atoms with E-state index in [0.29, 0.717) is 26.2 Å². The van der Waals surface area contributed by atoms with E-state index in [1.807, 2.05) is 6.07 Å². The third kappa shape index (κ3) is 2.45. The average molecular weight is 236 g/mol. The zero-order valence-electron chi connectivity index (χ0n) is 9.59. The molecule has 1 atom stereocenters. The predicted octanol–water partition coefficient (Wildman–Crippen LogP) is 1.50. The van der Waals surface area contributed by atoms with E-state index in [9.17, 15) is 10.1 Å². The predicted molar refractivity (Wildman–Crippen MR) is 63.7 cm³/mol. The van der Waals surface area contributed by atoms with Crippen molar-refractivity contribution in [1.29, 1.82) is 0 Å². The van der Waals surface area contributed by atoms with Crippen molar-refractivity contribution in [2.75, 3.05) is 19.8 Å². The fourth-order valence-electron chi connectivity index (χ4n) is 2.26. The highest BCUT2D eigenvalue weighted by Gasteiger charge is 2.35. The molecule has 2 rings (SSSR count). The third-order valence-corrected chi connectivity index (χ3v) is 3.37. The first-order valence-electron chi connectivity index (χ1n) is 5.67. The molecule has 0 amide bonds. The van der Waals surface area contributed by atoms with Crippen LogP contribution < -0.4 is 5.73 Å². The van der Waals surface area contributed by atoms with Crippen molar-refractivity contribution >= 4 is 5.69 Å². The number of nitrogens with zero attached hydrogens (tertiary/aromatic N) is 1. The highest BCUT2D eigenvalue weighted by molar-refractivity contribution is 5.40. The van der Waals surface area contributed by atoms with E-state index in [1.54, 1.807) is 12.1 Å². The summed E-state index contributed by atoms with van der Waals surface area (Å²) in [5, 5.41) is 10.9. The lowest BCUT2D eigenvalue weighted by Gasteiger charge is -2.25. The van der Waals surface area contributed by atoms with Gasteiger partial charge in [-0.3, -0.25) is 10.1 Å². The highest BCUT2D eigenvalue weighted by Crippen LogP contribution is 2.34. The van der Waals surface area contributed by atoms with Crippen LogP contribution in [0.1, 0.15) is 12.0 Å². The van der Waals surface area contributed by atoms with Crippen molar-refractivity contribution in [3.63, 3.8) is 0 Å². The number of nitro benzene ring substituents is 1. The fraction of sp³-hybridized carbons (Fsp3) is 0.500. The van der Waals surface area contributed by atoms with Crippen molar-refractivity contribution in [3.05, 3.63) is 39.9 Å². The molecule has 1 unspecified atom stereocenters. The van der Waals surface area contributed by atoms with E-state index in [0.717, 1.165) is 12.0 Å². The smallest absolute Gasteiger partial charge is 0.272 e. The topological polar surface area (TPSA) is 78.4 Å². The van der Waals surface area contributed by atoms with Gasteiger partial charge < -0.3 is 10.5 Å². The van der Waals surface area contributed by atoms with Crippen molar-refractivity contribution in [2.45, 2.75) is 12.8 Å². The summed E-state index contributed by atoms with van der Waals surface area (Å²) >= 11 is 0. The summed E-state index contributed by atoms with van der Waals surface area (Å²) in [6.07, 6.45) is 1.48. The fourth-order valence-corrected chi connectivity index (χ4v) is 2.26. The van der Waals surface area contributed by atoms with Gasteiger partial charge in [-0.25, -0.2) is 0 Å². The van der Waals surface area contributed by atoms with Crippen LogP contribution in [0.3, 0.4) is 0 Å². The minimum Gasteiger partial charge on any atom is -0.381 e. The van der Waals surface area contributed by atoms with Crippen LogP contribution in [0.5, 0.6) is 0 Å². The quantitative estimate of drug-likeness (QED) is 0.634. The van der Waals surface area contributed by atoms with Gasteiger partial charge in [0.15, 0.2) is 0 Å². The van der Waals surface area contributed by atoms with Crippen LogP contribution in [0.25, 0.3) is 0 Å². The van der Waals surface area contributed by atoms with Crippen LogP contribution in [0.15, 0.2) is 24.3 Å². The highest BCUT2D eigenvalue weighted by atomic mass is 16.6. The standard InChI is InChI=1S/C12H16N2O3/c13-8-12(5-6-17-9-12)7-10-3-1-2-4-11(10)14(15)16/h1-4H,5-9,13H2. The molecule has 1 heterocycles. The Morgan fingerprint density at radius 3 is 2.82 bits per heavy atom. The minimum atomic E-state index is -0.338. The largest absolute Gasteiger partial charge is 0.381 e. The number of hydrogen-bond acceptors (Lipinski definition) is 4. The van der Waals surface area contributed by atoms with E-state index in [1.165, 1.54) is 6.07 Å². The molecule has 0 aliphatic carbocycles. The number of para-hydroxylation sites is 1. The maximum atomic E-state index is 10.9. The van der Waals surface area contributed by atoms with Crippen LogP contribution in [0, 0.1) is 15.5 Å². The van der Waals surface area contributed by atoms with Crippen LogP contribution in [-0.2, 0) is 11.2 Å². The zero-order chi connectivity index (χ0) is 12.3. The van der Waals surface area contributed by atoms with Gasteiger partial charge in [-0.05, 0) is 12.8 Å². The second kappa shape index (κ2) is 4.81. The molecule has 1 fully saturated rings. The Labute approximate surface area is 99.7 Å². The molecule has 92 valence electrons. The molecule has 17 heavy (non-hydrogen) atoms. The van der Waals surface area contributed by atoms with Crippen molar-refractivity contribution in [3.8, 4) is 0 Å². The van der Waals surface area contributed by atoms with Gasteiger partial charge in [0.1, 0.15) is 0 Å². The van der Waals surface area contributed by atoms with Crippen molar-refractivity contribution < 1.29 is 9.66 Å². The SMILES string of the molecule is NCC1(Cc2ccccc2[N+](=O)[O-])CCOC1. The van der Waals surface area contributed by atoms with E-state index >= 15 is 0 Å². The van der Waals surface area contributed by atoms with Gasteiger partial charge in [-0.15, -0.1) is 0 Å². The average Bonchev–Trinajstić information content (AvgIpc) is 2.79. The summed E-state index contributed by atoms with van der Waals surface area (Å²) in [5.41, 5.74) is 6.58. The molecule has 5 nitrogen and oxygen atoms in total. The van der Waals surface area contributed by atoms with Gasteiger partial charge in [0.05, 0.1) is 11.5 Å². The first-order valence-corrected chi connectivity index (χ1v) is 5.67. The minimum absolute atomic E-state index is 0.133. The molecule has 1 aromatic carbocycles. The van der Waals surface area contributed by atoms with Crippen molar-refractivity contribution in [2.24, 2.45) is 11.1 Å². The first kappa shape index (κ1) is 12.0. The van der Waals surface area contributed by atoms with Crippen molar-refractivity contribution in [1.82, 2.24) is 0 Å². The van der Waals surface area contributed by atoms with Gasteiger partial charge in [-0.2, -0.15) is 0 Å². The Kier molecular flexibility index (Phi) is 3.40. The molecule has 2 N–H and O–H groups in total. The molecule has 1 aliphatic heterocycles. The second-order valence-corrected chi connectivity index (χ2v) is 4.57. The Bertz CT molecular complexity index is 414. The summed E-state index contributed by atoms with van der Waals surface area (Å²) in [6.45, 7) is 1.78. The molecule has 0 spiro atoms. The second-order valence-electron chi connectivity index (χ2n) is 4.57. The van der Waals surface area contributed by atoms with Crippen LogP contribution in [-0.4, -0.2) is 24.7 Å². The Morgan fingerprint density at radius 2 is 2.24 bits per heavy atom. The molecule has 0 saturated carbocycles. The number of benzene rings is 1. The van der Waals surface area contributed by atoms with Gasteiger partial charge in [-0.1, -0.05) is 18.2 Å². The lowest BCUT2D eigenvalue weighted by molar-refractivity contribution is -0.385. The molecule has 1 aliphatic rings. The monoisotopic (exact) mass is 236 g/mol. The normalized spacial score (nSPS) is 23.8. The van der Waals surface area contributed by atoms with E-state index in [4.69, 9.17) is 10.5 Å². The molecule has 1 saturated heterocycles. The van der Waals surface area contributed by atoms with E-state index in [-0.39, 0.29) is 16.0 Å². The van der Waals surface area contributed by atoms with E-state index in [2.05, 4.69) is 0 Å². The van der Waals surface area contributed by atoms with Gasteiger partial charge >= 0.3 is 0 Å². The Hall–Kier alpha value is -1.46. The first-order chi connectivity index (χ1) is 8.17. The van der Waals surface area contributed by atoms with Gasteiger partial charge in [0.2, 0.25) is 0 Å². The van der Waals surface area contributed by atoms with Gasteiger partial charge in [0, 0.05) is 30.2 Å². The number of rotatable bonds is 4. The molecule has 0 bridgehead atoms. The van der Waals surface area contributed by atoms with E-state index < -0.39 is 0 Å². The molecule has 0 radical (unpaired) electrons. The van der Waals surface area contributed by atoms with Crippen LogP contribution in [0.2, 0.25) is 0 Å². The van der Waals surface area contributed by atoms with Crippen LogP contribution >= 0.6 is 0 Å². The lowest BCUT2D eigenvalue weighted by Crippen LogP contribution is -2.33. The maximum absolute atomic E-state index is 10.9. The number of nitro groups is 1. The molecule has 0 aromatic heterocycles. The number of hydrogen-bond donors (Lipinski definition) is 1. The Balaban J connectivity index is 2.26. The summed E-state index contributed by atoms with van der Waals surface area (Å²) in [7, 11) is 0. The lowest BCUT2D eigenvalue weighted by atomic mass is 9.81. The molecular formula is C12H16N2O3. The third-order valence-electron chi connectivity index (χ3n) is 3.37. The number of ether oxygens (including phenoxy) is 1.